The first kappa shape index (κ1) is 21.5. The molecule has 7 nitrogen and oxygen atoms in total. The van der Waals surface area contributed by atoms with Crippen molar-refractivity contribution < 1.29 is 9.84 Å². The average Bonchev–Trinajstić information content (AvgIpc) is 2.84. The first-order valence-corrected chi connectivity index (χ1v) is 12.2. The zero-order valence-electron chi connectivity index (χ0n) is 19.3. The SMILES string of the molecule is O[C@H]1CN(c2cc(Nc3ccc(C4COC4)cc3)ncn2)CC[C@@H]1N1CCc2ccccc2C1. The average molecular weight is 458 g/mol. The summed E-state index contributed by atoms with van der Waals surface area (Å²) in [6.45, 7) is 5.01. The summed E-state index contributed by atoms with van der Waals surface area (Å²) in [6.07, 6.45) is 3.16. The quantitative estimate of drug-likeness (QED) is 0.609. The molecule has 2 N–H and O–H groups in total. The van der Waals surface area contributed by atoms with Crippen LogP contribution in [0.5, 0.6) is 0 Å². The maximum Gasteiger partial charge on any atom is 0.135 e. The Morgan fingerprint density at radius 1 is 0.971 bits per heavy atom. The van der Waals surface area contributed by atoms with Gasteiger partial charge in [-0.15, -0.1) is 0 Å². The number of anilines is 3. The van der Waals surface area contributed by atoms with Gasteiger partial charge in [0.2, 0.25) is 0 Å². The second kappa shape index (κ2) is 9.33. The van der Waals surface area contributed by atoms with Crippen LogP contribution in [0.4, 0.5) is 17.3 Å². The summed E-state index contributed by atoms with van der Waals surface area (Å²) in [5.41, 5.74) is 5.15. The van der Waals surface area contributed by atoms with E-state index in [0.29, 0.717) is 12.5 Å². The van der Waals surface area contributed by atoms with E-state index in [0.717, 1.165) is 63.0 Å². The van der Waals surface area contributed by atoms with Gasteiger partial charge in [0.25, 0.3) is 0 Å². The Labute approximate surface area is 200 Å². The summed E-state index contributed by atoms with van der Waals surface area (Å²) in [5, 5.41) is 14.4. The van der Waals surface area contributed by atoms with Crippen LogP contribution >= 0.6 is 0 Å². The number of ether oxygens (including phenoxy) is 1. The van der Waals surface area contributed by atoms with Crippen LogP contribution in [-0.2, 0) is 17.7 Å². The maximum absolute atomic E-state index is 11.1. The zero-order valence-corrected chi connectivity index (χ0v) is 19.3. The summed E-state index contributed by atoms with van der Waals surface area (Å²) in [4.78, 5) is 13.5. The van der Waals surface area contributed by atoms with Crippen molar-refractivity contribution in [2.24, 2.45) is 0 Å². The van der Waals surface area contributed by atoms with Crippen molar-refractivity contribution in [3.8, 4) is 0 Å². The minimum atomic E-state index is -0.409. The molecule has 2 saturated heterocycles. The van der Waals surface area contributed by atoms with Gasteiger partial charge in [0.05, 0.1) is 19.3 Å². The van der Waals surface area contributed by atoms with Gasteiger partial charge in [-0.1, -0.05) is 36.4 Å². The molecule has 7 heteroatoms. The molecule has 3 aliphatic rings. The number of β-amino-alcohol motifs (C(OH)–C–C–N with tert-alkyl or cyclic N) is 1. The van der Waals surface area contributed by atoms with Crippen molar-refractivity contribution in [3.05, 3.63) is 77.6 Å². The predicted octanol–water partition coefficient (Wildman–Crippen LogP) is 3.33. The molecule has 0 bridgehead atoms. The number of aliphatic hydroxyl groups excluding tert-OH is 1. The van der Waals surface area contributed by atoms with Crippen molar-refractivity contribution in [1.82, 2.24) is 14.9 Å². The van der Waals surface area contributed by atoms with Gasteiger partial charge < -0.3 is 20.1 Å². The standard InChI is InChI=1S/C27H31N5O2/c33-25-15-32(12-10-24(25)31-11-9-19-3-1-2-4-21(19)14-31)27-13-26(28-18-29-27)30-23-7-5-20(6-8-23)22-16-34-17-22/h1-8,13,18,22,24-25,33H,9-12,14-17H2,(H,28,29,30)/t24-,25-/m0/s1. The Kier molecular flexibility index (Phi) is 5.91. The van der Waals surface area contributed by atoms with Crippen LogP contribution in [0.1, 0.15) is 29.0 Å². The lowest BCUT2D eigenvalue weighted by atomic mass is 9.94. The minimum absolute atomic E-state index is 0.184. The molecular weight excluding hydrogens is 426 g/mol. The fourth-order valence-corrected chi connectivity index (χ4v) is 5.36. The summed E-state index contributed by atoms with van der Waals surface area (Å²) in [5.74, 6) is 2.13. The Morgan fingerprint density at radius 3 is 2.56 bits per heavy atom. The van der Waals surface area contributed by atoms with Crippen LogP contribution in [-0.4, -0.2) is 65.0 Å². The number of hydrogen-bond donors (Lipinski definition) is 2. The number of hydrogen-bond acceptors (Lipinski definition) is 7. The summed E-state index contributed by atoms with van der Waals surface area (Å²) in [6, 6.07) is 19.3. The lowest BCUT2D eigenvalue weighted by Crippen LogP contribution is -2.55. The molecule has 3 aliphatic heterocycles. The van der Waals surface area contributed by atoms with E-state index in [-0.39, 0.29) is 6.04 Å². The summed E-state index contributed by atoms with van der Waals surface area (Å²) >= 11 is 0. The Bertz CT molecular complexity index is 1130. The number of piperidine rings is 1. The monoisotopic (exact) mass is 457 g/mol. The number of nitrogens with zero attached hydrogens (tertiary/aromatic N) is 4. The van der Waals surface area contributed by atoms with Crippen molar-refractivity contribution in [1.29, 1.82) is 0 Å². The highest BCUT2D eigenvalue weighted by Crippen LogP contribution is 2.29. The third-order valence-electron chi connectivity index (χ3n) is 7.44. The molecule has 4 heterocycles. The van der Waals surface area contributed by atoms with E-state index in [1.54, 1.807) is 6.33 Å². The van der Waals surface area contributed by atoms with Gasteiger partial charge >= 0.3 is 0 Å². The molecule has 176 valence electrons. The molecule has 0 spiro atoms. The van der Waals surface area contributed by atoms with E-state index in [1.807, 2.05) is 6.07 Å². The van der Waals surface area contributed by atoms with E-state index in [2.05, 4.69) is 73.6 Å². The Hall–Kier alpha value is -3.00. The highest BCUT2D eigenvalue weighted by Gasteiger charge is 2.34. The molecule has 0 aliphatic carbocycles. The lowest BCUT2D eigenvalue weighted by Gasteiger charge is -2.43. The van der Waals surface area contributed by atoms with Gasteiger partial charge in [-0.25, -0.2) is 9.97 Å². The molecule has 1 aromatic heterocycles. The van der Waals surface area contributed by atoms with E-state index < -0.39 is 6.10 Å². The molecule has 34 heavy (non-hydrogen) atoms. The Morgan fingerprint density at radius 2 is 1.79 bits per heavy atom. The fourth-order valence-electron chi connectivity index (χ4n) is 5.36. The first-order valence-electron chi connectivity index (χ1n) is 12.2. The topological polar surface area (TPSA) is 73.8 Å². The highest BCUT2D eigenvalue weighted by molar-refractivity contribution is 5.60. The van der Waals surface area contributed by atoms with E-state index >= 15 is 0 Å². The van der Waals surface area contributed by atoms with Gasteiger partial charge in [-0.2, -0.15) is 0 Å². The van der Waals surface area contributed by atoms with Crippen molar-refractivity contribution in [2.75, 3.05) is 43.1 Å². The normalized spacial score (nSPS) is 23.3. The van der Waals surface area contributed by atoms with Crippen molar-refractivity contribution in [3.63, 3.8) is 0 Å². The summed E-state index contributed by atoms with van der Waals surface area (Å²) in [7, 11) is 0. The minimum Gasteiger partial charge on any atom is -0.390 e. The number of aliphatic hydroxyl groups is 1. The number of rotatable bonds is 5. The van der Waals surface area contributed by atoms with Gasteiger partial charge in [0.15, 0.2) is 0 Å². The molecule has 3 aromatic rings. The van der Waals surface area contributed by atoms with Crippen LogP contribution in [0.15, 0.2) is 60.9 Å². The molecule has 2 atom stereocenters. The lowest BCUT2D eigenvalue weighted by molar-refractivity contribution is 0.00843. The van der Waals surface area contributed by atoms with Crippen LogP contribution < -0.4 is 10.2 Å². The number of aromatic nitrogens is 2. The van der Waals surface area contributed by atoms with Gasteiger partial charge in [0.1, 0.15) is 18.0 Å². The third kappa shape index (κ3) is 4.39. The molecule has 2 aromatic carbocycles. The molecule has 0 radical (unpaired) electrons. The van der Waals surface area contributed by atoms with Gasteiger partial charge in [-0.3, -0.25) is 4.90 Å². The van der Waals surface area contributed by atoms with Gasteiger partial charge in [-0.05, 0) is 41.7 Å². The van der Waals surface area contributed by atoms with Crippen LogP contribution in [0, 0.1) is 0 Å². The third-order valence-corrected chi connectivity index (χ3v) is 7.44. The van der Waals surface area contributed by atoms with Crippen molar-refractivity contribution in [2.45, 2.75) is 37.5 Å². The predicted molar refractivity (Wildman–Crippen MR) is 132 cm³/mol. The summed E-state index contributed by atoms with van der Waals surface area (Å²) < 4.78 is 5.29. The highest BCUT2D eigenvalue weighted by atomic mass is 16.5. The smallest absolute Gasteiger partial charge is 0.135 e. The molecule has 2 fully saturated rings. The second-order valence-corrected chi connectivity index (χ2v) is 9.60. The molecule has 0 unspecified atom stereocenters. The largest absolute Gasteiger partial charge is 0.390 e. The van der Waals surface area contributed by atoms with Crippen molar-refractivity contribution >= 4 is 17.3 Å². The fraction of sp³-hybridized carbons (Fsp3) is 0.407. The van der Waals surface area contributed by atoms with Crippen LogP contribution in [0.3, 0.4) is 0 Å². The Balaban J connectivity index is 1.09. The van der Waals surface area contributed by atoms with Gasteiger partial charge in [0, 0.05) is 49.9 Å². The van der Waals surface area contributed by atoms with E-state index in [9.17, 15) is 5.11 Å². The first-order chi connectivity index (χ1) is 16.7. The van der Waals surface area contributed by atoms with E-state index in [4.69, 9.17) is 4.74 Å². The van der Waals surface area contributed by atoms with Crippen LogP contribution in [0.2, 0.25) is 0 Å². The number of benzene rings is 2. The molecule has 6 rings (SSSR count). The maximum atomic E-state index is 11.1. The second-order valence-electron chi connectivity index (χ2n) is 9.60. The number of nitrogens with one attached hydrogen (secondary N) is 1. The number of fused-ring (bicyclic) bond motifs is 1. The molecular formula is C27H31N5O2. The zero-order chi connectivity index (χ0) is 22.9. The van der Waals surface area contributed by atoms with E-state index in [1.165, 1.54) is 16.7 Å². The molecule has 0 amide bonds. The molecule has 0 saturated carbocycles. The van der Waals surface area contributed by atoms with Crippen LogP contribution in [0.25, 0.3) is 0 Å².